The van der Waals surface area contributed by atoms with Crippen molar-refractivity contribution in [2.45, 2.75) is 4.90 Å². The van der Waals surface area contributed by atoms with Crippen LogP contribution in [0.2, 0.25) is 0 Å². The van der Waals surface area contributed by atoms with E-state index in [1.807, 2.05) is 30.3 Å². The van der Waals surface area contributed by atoms with E-state index < -0.39 is 22.2 Å². The number of rotatable bonds is 6. The topological polar surface area (TPSA) is 52.4 Å². The molecule has 4 nitrogen and oxygen atoms in total. The summed E-state index contributed by atoms with van der Waals surface area (Å²) in [5, 5.41) is 10.5. The first-order chi connectivity index (χ1) is 10.1. The average Bonchev–Trinajstić information content (AvgIpc) is 2.47. The van der Waals surface area contributed by atoms with Crippen LogP contribution < -0.4 is 4.74 Å². The number of hydrogen-bond acceptors (Lipinski definition) is 4. The van der Waals surface area contributed by atoms with E-state index in [0.29, 0.717) is 17.9 Å². The summed E-state index contributed by atoms with van der Waals surface area (Å²) in [4.78, 5) is 10.5. The van der Waals surface area contributed by atoms with E-state index in [0.717, 1.165) is 4.90 Å². The molecule has 0 bridgehead atoms. The maximum absolute atomic E-state index is 13.5. The van der Waals surface area contributed by atoms with Gasteiger partial charge < -0.3 is 4.74 Å². The number of hydrogen-bond donors (Lipinski definition) is 0. The Bertz CT molecular complexity index is 638. The lowest BCUT2D eigenvalue weighted by Gasteiger charge is -2.07. The summed E-state index contributed by atoms with van der Waals surface area (Å²) in [6.07, 6.45) is 0. The van der Waals surface area contributed by atoms with E-state index in [-0.39, 0.29) is 12.4 Å². The summed E-state index contributed by atoms with van der Waals surface area (Å²) in [6, 6.07) is 10.8. The van der Waals surface area contributed by atoms with E-state index in [1.165, 1.54) is 11.8 Å². The first-order valence-corrected chi connectivity index (χ1v) is 7.00. The van der Waals surface area contributed by atoms with Gasteiger partial charge in [0.25, 0.3) is 0 Å². The van der Waals surface area contributed by atoms with Crippen molar-refractivity contribution in [3.63, 3.8) is 0 Å². The molecule has 0 aromatic heterocycles. The van der Waals surface area contributed by atoms with Crippen LogP contribution in [0, 0.1) is 21.7 Å². The van der Waals surface area contributed by atoms with Crippen molar-refractivity contribution >= 4 is 17.4 Å². The first kappa shape index (κ1) is 15.2. The Morgan fingerprint density at radius 2 is 1.86 bits per heavy atom. The number of nitro groups is 1. The average molecular weight is 311 g/mol. The van der Waals surface area contributed by atoms with Crippen molar-refractivity contribution in [3.8, 4) is 5.75 Å². The zero-order valence-corrected chi connectivity index (χ0v) is 11.6. The zero-order chi connectivity index (χ0) is 15.2. The third-order valence-corrected chi connectivity index (χ3v) is 3.53. The van der Waals surface area contributed by atoms with Crippen molar-refractivity contribution in [1.82, 2.24) is 0 Å². The molecule has 0 fully saturated rings. The molecule has 0 unspecified atom stereocenters. The molecule has 110 valence electrons. The predicted molar refractivity (Wildman–Crippen MR) is 75.7 cm³/mol. The van der Waals surface area contributed by atoms with E-state index in [1.54, 1.807) is 0 Å². The second-order valence-corrected chi connectivity index (χ2v) is 5.17. The lowest BCUT2D eigenvalue weighted by molar-refractivity contribution is -0.387. The molecule has 0 heterocycles. The van der Waals surface area contributed by atoms with Gasteiger partial charge in [0.1, 0.15) is 0 Å². The molecular weight excluding hydrogens is 300 g/mol. The summed E-state index contributed by atoms with van der Waals surface area (Å²) >= 11 is 1.51. The van der Waals surface area contributed by atoms with Gasteiger partial charge in [-0.3, -0.25) is 10.1 Å². The maximum atomic E-state index is 13.5. The Balaban J connectivity index is 1.92. The third-order valence-electron chi connectivity index (χ3n) is 2.55. The monoisotopic (exact) mass is 311 g/mol. The Morgan fingerprint density at radius 3 is 2.52 bits per heavy atom. The van der Waals surface area contributed by atoms with Crippen LogP contribution in [0.4, 0.5) is 14.5 Å². The van der Waals surface area contributed by atoms with Gasteiger partial charge in [-0.15, -0.1) is 11.8 Å². The molecule has 21 heavy (non-hydrogen) atoms. The summed E-state index contributed by atoms with van der Waals surface area (Å²) < 4.78 is 32.0. The van der Waals surface area contributed by atoms with Gasteiger partial charge in [-0.25, -0.2) is 4.39 Å². The molecule has 0 radical (unpaired) electrons. The fourth-order valence-corrected chi connectivity index (χ4v) is 2.35. The summed E-state index contributed by atoms with van der Waals surface area (Å²) in [5.41, 5.74) is -0.904. The van der Waals surface area contributed by atoms with Crippen molar-refractivity contribution in [3.05, 3.63) is 64.2 Å². The van der Waals surface area contributed by atoms with Crippen LogP contribution >= 0.6 is 11.8 Å². The minimum atomic E-state index is -1.12. The van der Waals surface area contributed by atoms with Crippen LogP contribution in [0.3, 0.4) is 0 Å². The van der Waals surface area contributed by atoms with Gasteiger partial charge in [-0.2, -0.15) is 4.39 Å². The number of nitro benzene ring substituents is 1. The van der Waals surface area contributed by atoms with Gasteiger partial charge in [0.15, 0.2) is 11.6 Å². The molecule has 0 atom stereocenters. The molecular formula is C14H11F2NO3S. The molecule has 2 aromatic carbocycles. The van der Waals surface area contributed by atoms with Crippen LogP contribution in [-0.4, -0.2) is 17.3 Å². The SMILES string of the molecule is O=[N+]([O-])c1cc(F)c(OCCSc2ccccc2)cc1F. The minimum absolute atomic E-state index is 0.160. The van der Waals surface area contributed by atoms with Crippen molar-refractivity contribution in [2.24, 2.45) is 0 Å². The molecule has 0 aliphatic heterocycles. The van der Waals surface area contributed by atoms with E-state index in [4.69, 9.17) is 4.74 Å². The molecule has 0 amide bonds. The number of nitrogens with zero attached hydrogens (tertiary/aromatic N) is 1. The van der Waals surface area contributed by atoms with Crippen molar-refractivity contribution in [2.75, 3.05) is 12.4 Å². The Kier molecular flexibility index (Phi) is 5.10. The van der Waals surface area contributed by atoms with Crippen LogP contribution in [-0.2, 0) is 0 Å². The highest BCUT2D eigenvalue weighted by Crippen LogP contribution is 2.26. The normalized spacial score (nSPS) is 10.4. The van der Waals surface area contributed by atoms with Gasteiger partial charge in [0.05, 0.1) is 17.6 Å². The maximum Gasteiger partial charge on any atom is 0.307 e. The fourth-order valence-electron chi connectivity index (χ4n) is 1.60. The molecule has 0 aliphatic carbocycles. The Hall–Kier alpha value is -2.15. The highest BCUT2D eigenvalue weighted by Gasteiger charge is 2.19. The number of ether oxygens (including phenoxy) is 1. The van der Waals surface area contributed by atoms with Gasteiger partial charge in [0, 0.05) is 16.7 Å². The van der Waals surface area contributed by atoms with Crippen molar-refractivity contribution in [1.29, 1.82) is 0 Å². The molecule has 7 heteroatoms. The van der Waals surface area contributed by atoms with E-state index >= 15 is 0 Å². The highest BCUT2D eigenvalue weighted by atomic mass is 32.2. The zero-order valence-electron chi connectivity index (χ0n) is 10.8. The molecule has 0 saturated heterocycles. The van der Waals surface area contributed by atoms with Gasteiger partial charge in [-0.05, 0) is 12.1 Å². The minimum Gasteiger partial charge on any atom is -0.490 e. The van der Waals surface area contributed by atoms with Crippen LogP contribution in [0.25, 0.3) is 0 Å². The second kappa shape index (κ2) is 7.03. The Labute approximate surface area is 123 Å². The van der Waals surface area contributed by atoms with Crippen LogP contribution in [0.15, 0.2) is 47.4 Å². The van der Waals surface area contributed by atoms with Gasteiger partial charge in [-0.1, -0.05) is 18.2 Å². The molecule has 0 spiro atoms. The van der Waals surface area contributed by atoms with Gasteiger partial charge in [0.2, 0.25) is 5.82 Å². The fraction of sp³-hybridized carbons (Fsp3) is 0.143. The Morgan fingerprint density at radius 1 is 1.14 bits per heavy atom. The predicted octanol–water partition coefficient (Wildman–Crippen LogP) is 4.04. The molecule has 0 N–H and O–H groups in total. The van der Waals surface area contributed by atoms with Crippen LogP contribution in [0.1, 0.15) is 0 Å². The smallest absolute Gasteiger partial charge is 0.307 e. The van der Waals surface area contributed by atoms with Crippen molar-refractivity contribution < 1.29 is 18.4 Å². The first-order valence-electron chi connectivity index (χ1n) is 6.02. The molecule has 2 aromatic rings. The summed E-state index contributed by atoms with van der Waals surface area (Å²) in [7, 11) is 0. The highest BCUT2D eigenvalue weighted by molar-refractivity contribution is 7.99. The third kappa shape index (κ3) is 4.16. The van der Waals surface area contributed by atoms with Gasteiger partial charge >= 0.3 is 5.69 Å². The lowest BCUT2D eigenvalue weighted by Crippen LogP contribution is -2.03. The second-order valence-electron chi connectivity index (χ2n) is 4.00. The number of thioether (sulfide) groups is 1. The summed E-state index contributed by atoms with van der Waals surface area (Å²) in [5.74, 6) is -1.85. The molecule has 2 rings (SSSR count). The number of benzene rings is 2. The lowest BCUT2D eigenvalue weighted by atomic mass is 10.3. The number of halogens is 2. The molecule has 0 aliphatic rings. The standard InChI is InChI=1S/C14H11F2NO3S/c15-11-9-14(12(16)8-13(11)17(18)19)20-6-7-21-10-4-2-1-3-5-10/h1-5,8-9H,6-7H2. The quantitative estimate of drug-likeness (QED) is 0.349. The van der Waals surface area contributed by atoms with Crippen LogP contribution in [0.5, 0.6) is 5.75 Å². The summed E-state index contributed by atoms with van der Waals surface area (Å²) in [6.45, 7) is 0.160. The largest absolute Gasteiger partial charge is 0.490 e. The van der Waals surface area contributed by atoms with E-state index in [9.17, 15) is 18.9 Å². The van der Waals surface area contributed by atoms with E-state index in [2.05, 4.69) is 0 Å². The molecule has 0 saturated carbocycles.